The van der Waals surface area contributed by atoms with Crippen molar-refractivity contribution in [3.8, 4) is 0 Å². The van der Waals surface area contributed by atoms with E-state index in [0.717, 1.165) is 26.8 Å². The maximum Gasteiger partial charge on any atom is 0.300 e. The Kier molecular flexibility index (Phi) is 3.14. The van der Waals surface area contributed by atoms with E-state index in [0.29, 0.717) is 17.3 Å². The minimum atomic E-state index is 0.471. The summed E-state index contributed by atoms with van der Waals surface area (Å²) in [5, 5.41) is 3.24. The van der Waals surface area contributed by atoms with Crippen molar-refractivity contribution >= 4 is 44.4 Å². The van der Waals surface area contributed by atoms with E-state index < -0.39 is 0 Å². The third-order valence-electron chi connectivity index (χ3n) is 3.14. The van der Waals surface area contributed by atoms with Gasteiger partial charge in [0.25, 0.3) is 6.01 Å². The van der Waals surface area contributed by atoms with Crippen LogP contribution in [-0.4, -0.2) is 4.98 Å². The van der Waals surface area contributed by atoms with Crippen molar-refractivity contribution in [2.45, 2.75) is 13.8 Å². The number of oxazole rings is 1. The molecule has 3 aromatic rings. The molecule has 0 spiro atoms. The average Bonchev–Trinajstić information content (AvgIpc) is 2.75. The highest BCUT2D eigenvalue weighted by atomic mass is 79.9. The van der Waals surface area contributed by atoms with Crippen LogP contribution >= 0.6 is 15.9 Å². The fraction of sp³-hybridized carbons (Fsp3) is 0.133. The first-order chi connectivity index (χ1) is 9.52. The zero-order chi connectivity index (χ0) is 14.3. The van der Waals surface area contributed by atoms with Gasteiger partial charge < -0.3 is 15.5 Å². The van der Waals surface area contributed by atoms with Crippen LogP contribution in [0.25, 0.3) is 11.1 Å². The molecule has 3 rings (SSSR count). The van der Waals surface area contributed by atoms with Gasteiger partial charge in [0.15, 0.2) is 5.58 Å². The van der Waals surface area contributed by atoms with Crippen molar-refractivity contribution in [1.82, 2.24) is 4.98 Å². The van der Waals surface area contributed by atoms with E-state index in [-0.39, 0.29) is 0 Å². The molecule has 102 valence electrons. The number of rotatable bonds is 2. The fourth-order valence-corrected chi connectivity index (χ4v) is 2.90. The average molecular weight is 332 g/mol. The first kappa shape index (κ1) is 13.0. The van der Waals surface area contributed by atoms with Crippen LogP contribution in [-0.2, 0) is 0 Å². The monoisotopic (exact) mass is 331 g/mol. The van der Waals surface area contributed by atoms with E-state index in [2.05, 4.69) is 38.4 Å². The summed E-state index contributed by atoms with van der Waals surface area (Å²) in [6.45, 7) is 4.08. The zero-order valence-corrected chi connectivity index (χ0v) is 12.8. The van der Waals surface area contributed by atoms with Gasteiger partial charge in [0, 0.05) is 21.9 Å². The van der Waals surface area contributed by atoms with Crippen LogP contribution in [0.3, 0.4) is 0 Å². The number of nitrogens with two attached hydrogens (primary N) is 1. The first-order valence-corrected chi connectivity index (χ1v) is 7.02. The smallest absolute Gasteiger partial charge is 0.300 e. The zero-order valence-electron chi connectivity index (χ0n) is 11.2. The Balaban J connectivity index is 2.01. The minimum absolute atomic E-state index is 0.471. The number of halogens is 1. The van der Waals surface area contributed by atoms with Crippen LogP contribution in [0.15, 0.2) is 39.2 Å². The fourth-order valence-electron chi connectivity index (χ4n) is 2.21. The summed E-state index contributed by atoms with van der Waals surface area (Å²) in [5.74, 6) is 0. The van der Waals surface area contributed by atoms with Crippen molar-refractivity contribution in [2.24, 2.45) is 0 Å². The Labute approximate surface area is 125 Å². The Morgan fingerprint density at radius 2 is 1.85 bits per heavy atom. The van der Waals surface area contributed by atoms with Crippen molar-refractivity contribution in [1.29, 1.82) is 0 Å². The topological polar surface area (TPSA) is 64.1 Å². The second kappa shape index (κ2) is 4.83. The molecule has 0 radical (unpaired) electrons. The number of aryl methyl sites for hydroxylation is 2. The molecule has 5 heteroatoms. The lowest BCUT2D eigenvalue weighted by atomic mass is 10.1. The molecule has 0 atom stereocenters. The number of fused-ring (bicyclic) bond motifs is 1. The van der Waals surface area contributed by atoms with Gasteiger partial charge in [-0.3, -0.25) is 0 Å². The SMILES string of the molecule is Cc1cc(Br)cc(C)c1Nc1nc2ccc(N)cc2o1. The number of benzene rings is 2. The molecule has 0 fully saturated rings. The van der Waals surface area contributed by atoms with Crippen molar-refractivity contribution in [3.63, 3.8) is 0 Å². The van der Waals surface area contributed by atoms with Crippen LogP contribution in [0.4, 0.5) is 17.4 Å². The van der Waals surface area contributed by atoms with Crippen LogP contribution < -0.4 is 11.1 Å². The molecular formula is C15H14BrN3O. The van der Waals surface area contributed by atoms with Crippen LogP contribution in [0.5, 0.6) is 0 Å². The summed E-state index contributed by atoms with van der Waals surface area (Å²) in [5.41, 5.74) is 11.1. The number of hydrogen-bond donors (Lipinski definition) is 2. The highest BCUT2D eigenvalue weighted by molar-refractivity contribution is 9.10. The minimum Gasteiger partial charge on any atom is -0.423 e. The van der Waals surface area contributed by atoms with E-state index in [1.54, 1.807) is 6.07 Å². The summed E-state index contributed by atoms with van der Waals surface area (Å²) in [6.07, 6.45) is 0. The predicted octanol–water partition coefficient (Wildman–Crippen LogP) is 4.53. The summed E-state index contributed by atoms with van der Waals surface area (Å²) in [6, 6.07) is 10.0. The molecule has 0 bridgehead atoms. The lowest BCUT2D eigenvalue weighted by Gasteiger charge is -2.10. The molecule has 0 aliphatic heterocycles. The molecule has 0 aliphatic carbocycles. The molecule has 0 unspecified atom stereocenters. The van der Waals surface area contributed by atoms with Crippen molar-refractivity contribution < 1.29 is 4.42 Å². The molecular weight excluding hydrogens is 318 g/mol. The lowest BCUT2D eigenvalue weighted by molar-refractivity contribution is 0.623. The van der Waals surface area contributed by atoms with Crippen LogP contribution in [0.1, 0.15) is 11.1 Å². The standard InChI is InChI=1S/C15H14BrN3O/c1-8-5-10(16)6-9(2)14(8)19-15-18-12-4-3-11(17)7-13(12)20-15/h3-7H,17H2,1-2H3,(H,18,19). The van der Waals surface area contributed by atoms with Crippen molar-refractivity contribution in [2.75, 3.05) is 11.1 Å². The van der Waals surface area contributed by atoms with Gasteiger partial charge in [-0.05, 0) is 49.2 Å². The highest BCUT2D eigenvalue weighted by Crippen LogP contribution is 2.29. The second-order valence-electron chi connectivity index (χ2n) is 4.79. The highest BCUT2D eigenvalue weighted by Gasteiger charge is 2.10. The summed E-state index contributed by atoms with van der Waals surface area (Å²) in [7, 11) is 0. The Morgan fingerprint density at radius 1 is 1.15 bits per heavy atom. The molecule has 3 N–H and O–H groups in total. The maximum atomic E-state index is 5.74. The Morgan fingerprint density at radius 3 is 2.55 bits per heavy atom. The number of nitrogens with zero attached hydrogens (tertiary/aromatic N) is 1. The molecule has 20 heavy (non-hydrogen) atoms. The van der Waals surface area contributed by atoms with Gasteiger partial charge >= 0.3 is 0 Å². The van der Waals surface area contributed by atoms with Gasteiger partial charge in [-0.15, -0.1) is 0 Å². The third-order valence-corrected chi connectivity index (χ3v) is 3.60. The number of hydrogen-bond acceptors (Lipinski definition) is 4. The summed E-state index contributed by atoms with van der Waals surface area (Å²) in [4.78, 5) is 4.41. The third kappa shape index (κ3) is 2.36. The molecule has 0 saturated carbocycles. The largest absolute Gasteiger partial charge is 0.423 e. The number of nitrogens with one attached hydrogen (secondary N) is 1. The van der Waals surface area contributed by atoms with Gasteiger partial charge in [-0.2, -0.15) is 4.98 Å². The molecule has 1 aromatic heterocycles. The van der Waals surface area contributed by atoms with Crippen LogP contribution in [0.2, 0.25) is 0 Å². The van der Waals surface area contributed by atoms with Gasteiger partial charge in [0.05, 0.1) is 0 Å². The van der Waals surface area contributed by atoms with E-state index >= 15 is 0 Å². The molecule has 0 aliphatic rings. The molecule has 0 amide bonds. The molecule has 0 saturated heterocycles. The number of nitrogen functional groups attached to an aromatic ring is 1. The Bertz CT molecular complexity index is 772. The van der Waals surface area contributed by atoms with E-state index in [9.17, 15) is 0 Å². The van der Waals surface area contributed by atoms with Gasteiger partial charge in [0.2, 0.25) is 0 Å². The molecule has 4 nitrogen and oxygen atoms in total. The summed E-state index contributed by atoms with van der Waals surface area (Å²) < 4.78 is 6.74. The van der Waals surface area contributed by atoms with Crippen molar-refractivity contribution in [3.05, 3.63) is 45.9 Å². The maximum absolute atomic E-state index is 5.74. The van der Waals surface area contributed by atoms with E-state index in [1.165, 1.54) is 0 Å². The van der Waals surface area contributed by atoms with Gasteiger partial charge in [0.1, 0.15) is 5.52 Å². The number of aromatic nitrogens is 1. The normalized spacial score (nSPS) is 10.9. The second-order valence-corrected chi connectivity index (χ2v) is 5.70. The Hall–Kier alpha value is -2.01. The summed E-state index contributed by atoms with van der Waals surface area (Å²) >= 11 is 3.49. The lowest BCUT2D eigenvalue weighted by Crippen LogP contribution is -1.96. The molecule has 2 aromatic carbocycles. The van der Waals surface area contributed by atoms with Gasteiger partial charge in [-0.1, -0.05) is 15.9 Å². The number of anilines is 3. The molecule has 1 heterocycles. The van der Waals surface area contributed by atoms with Gasteiger partial charge in [-0.25, -0.2) is 0 Å². The van der Waals surface area contributed by atoms with E-state index in [1.807, 2.05) is 26.0 Å². The quantitative estimate of drug-likeness (QED) is 0.677. The predicted molar refractivity (Wildman–Crippen MR) is 85.3 cm³/mol. The first-order valence-electron chi connectivity index (χ1n) is 6.23. The van der Waals surface area contributed by atoms with E-state index in [4.69, 9.17) is 10.2 Å². The van der Waals surface area contributed by atoms with Crippen LogP contribution in [0, 0.1) is 13.8 Å².